The van der Waals surface area contributed by atoms with E-state index in [4.69, 9.17) is 4.74 Å². The predicted octanol–water partition coefficient (Wildman–Crippen LogP) is 3.39. The molecule has 0 aliphatic rings. The second-order valence-corrected chi connectivity index (χ2v) is 4.09. The molecule has 5 heteroatoms. The van der Waals surface area contributed by atoms with Crippen molar-refractivity contribution in [2.24, 2.45) is 0 Å². The van der Waals surface area contributed by atoms with Crippen molar-refractivity contribution in [3.8, 4) is 11.5 Å². The Kier molecular flexibility index (Phi) is 4.10. The average Bonchev–Trinajstić information content (AvgIpc) is 2.42. The first-order chi connectivity index (χ1) is 9.60. The summed E-state index contributed by atoms with van der Waals surface area (Å²) in [6.45, 7) is 1.37. The Balaban J connectivity index is 2.30. The van der Waals surface area contributed by atoms with Gasteiger partial charge in [-0.25, -0.2) is 4.39 Å². The van der Waals surface area contributed by atoms with Gasteiger partial charge in [-0.3, -0.25) is 9.59 Å². The molecule has 0 bridgehead atoms. The van der Waals surface area contributed by atoms with Crippen LogP contribution in [0.3, 0.4) is 0 Å². The Morgan fingerprint density at radius 3 is 2.60 bits per heavy atom. The molecule has 0 fully saturated rings. The number of aldehydes is 1. The largest absolute Gasteiger partial charge is 0.452 e. The summed E-state index contributed by atoms with van der Waals surface area (Å²) in [6, 6.07) is 10.6. The van der Waals surface area contributed by atoms with Crippen LogP contribution in [0.4, 0.5) is 10.1 Å². The van der Waals surface area contributed by atoms with Crippen molar-refractivity contribution >= 4 is 17.9 Å². The van der Waals surface area contributed by atoms with Gasteiger partial charge in [0, 0.05) is 12.5 Å². The fourth-order valence-electron chi connectivity index (χ4n) is 1.64. The Morgan fingerprint density at radius 1 is 1.20 bits per heavy atom. The number of para-hydroxylation sites is 2. The lowest BCUT2D eigenvalue weighted by atomic mass is 10.2. The Hall–Kier alpha value is -2.69. The van der Waals surface area contributed by atoms with Crippen LogP contribution in [0, 0.1) is 5.82 Å². The van der Waals surface area contributed by atoms with Gasteiger partial charge in [-0.05, 0) is 30.3 Å². The lowest BCUT2D eigenvalue weighted by Crippen LogP contribution is -2.06. The number of carbonyl (C=O) groups excluding carboxylic acids is 2. The molecule has 2 aromatic rings. The van der Waals surface area contributed by atoms with E-state index in [1.165, 1.54) is 19.1 Å². The van der Waals surface area contributed by atoms with Crippen molar-refractivity contribution in [1.29, 1.82) is 0 Å². The summed E-state index contributed by atoms with van der Waals surface area (Å²) in [7, 11) is 0. The number of nitrogens with one attached hydrogen (secondary N) is 1. The third-order valence-electron chi connectivity index (χ3n) is 2.51. The van der Waals surface area contributed by atoms with Crippen molar-refractivity contribution < 1.29 is 18.7 Å². The van der Waals surface area contributed by atoms with Gasteiger partial charge in [-0.2, -0.15) is 0 Å². The number of halogens is 1. The molecule has 2 rings (SSSR count). The van der Waals surface area contributed by atoms with E-state index in [0.717, 1.165) is 6.07 Å². The first-order valence-electron chi connectivity index (χ1n) is 5.89. The monoisotopic (exact) mass is 273 g/mol. The molecule has 0 unspecified atom stereocenters. The minimum absolute atomic E-state index is 0.0200. The van der Waals surface area contributed by atoms with E-state index < -0.39 is 5.82 Å². The van der Waals surface area contributed by atoms with Gasteiger partial charge in [-0.15, -0.1) is 0 Å². The summed E-state index contributed by atoms with van der Waals surface area (Å²) in [4.78, 5) is 21.6. The van der Waals surface area contributed by atoms with E-state index in [1.54, 1.807) is 24.3 Å². The third-order valence-corrected chi connectivity index (χ3v) is 2.51. The molecule has 2 aromatic carbocycles. The van der Waals surface area contributed by atoms with Crippen molar-refractivity contribution in [3.05, 3.63) is 53.8 Å². The highest BCUT2D eigenvalue weighted by molar-refractivity contribution is 5.90. The molecule has 0 aliphatic heterocycles. The number of ether oxygens (including phenoxy) is 1. The molecule has 0 spiro atoms. The number of rotatable bonds is 4. The summed E-state index contributed by atoms with van der Waals surface area (Å²) in [6.07, 6.45) is 0.554. The summed E-state index contributed by atoms with van der Waals surface area (Å²) in [5.74, 6) is -0.598. The second-order valence-electron chi connectivity index (χ2n) is 4.09. The molecular weight excluding hydrogens is 261 g/mol. The van der Waals surface area contributed by atoms with E-state index >= 15 is 0 Å². The van der Waals surface area contributed by atoms with Crippen LogP contribution in [0.2, 0.25) is 0 Å². The van der Waals surface area contributed by atoms with E-state index in [9.17, 15) is 14.0 Å². The number of carbonyl (C=O) groups is 2. The van der Waals surface area contributed by atoms with Crippen molar-refractivity contribution in [1.82, 2.24) is 0 Å². The quantitative estimate of drug-likeness (QED) is 0.869. The zero-order chi connectivity index (χ0) is 14.5. The van der Waals surface area contributed by atoms with Crippen LogP contribution < -0.4 is 10.1 Å². The molecule has 102 valence electrons. The minimum Gasteiger partial charge on any atom is -0.452 e. The maximum Gasteiger partial charge on any atom is 0.221 e. The van der Waals surface area contributed by atoms with Gasteiger partial charge in [0.2, 0.25) is 5.91 Å². The van der Waals surface area contributed by atoms with Crippen LogP contribution >= 0.6 is 0 Å². The molecule has 0 radical (unpaired) electrons. The van der Waals surface area contributed by atoms with Gasteiger partial charge >= 0.3 is 0 Å². The molecule has 0 heterocycles. The lowest BCUT2D eigenvalue weighted by molar-refractivity contribution is -0.114. The highest BCUT2D eigenvalue weighted by Gasteiger charge is 2.09. The third kappa shape index (κ3) is 3.20. The maximum atomic E-state index is 13.7. The summed E-state index contributed by atoms with van der Waals surface area (Å²) in [5, 5.41) is 2.59. The first-order valence-corrected chi connectivity index (χ1v) is 5.89. The molecule has 0 aliphatic carbocycles. The van der Waals surface area contributed by atoms with Crippen molar-refractivity contribution in [3.63, 3.8) is 0 Å². The Morgan fingerprint density at radius 2 is 1.95 bits per heavy atom. The van der Waals surface area contributed by atoms with Gasteiger partial charge in [0.25, 0.3) is 0 Å². The fraction of sp³-hybridized carbons (Fsp3) is 0.0667. The molecule has 4 nitrogen and oxygen atoms in total. The minimum atomic E-state index is -0.646. The molecule has 1 amide bonds. The van der Waals surface area contributed by atoms with Crippen LogP contribution in [0.1, 0.15) is 17.3 Å². The van der Waals surface area contributed by atoms with Gasteiger partial charge in [0.05, 0.1) is 5.69 Å². The molecule has 0 saturated heterocycles. The standard InChI is InChI=1S/C15H12FNO3/c1-10(19)17-13-4-2-3-5-15(13)20-14-7-6-11(9-18)8-12(14)16/h2-9H,1H3,(H,17,19). The SMILES string of the molecule is CC(=O)Nc1ccccc1Oc1ccc(C=O)cc1F. The first kappa shape index (κ1) is 13.7. The molecule has 0 atom stereocenters. The second kappa shape index (κ2) is 5.97. The average molecular weight is 273 g/mol. The smallest absolute Gasteiger partial charge is 0.221 e. The number of amides is 1. The zero-order valence-electron chi connectivity index (χ0n) is 10.7. The van der Waals surface area contributed by atoms with E-state index in [0.29, 0.717) is 17.7 Å². The lowest BCUT2D eigenvalue weighted by Gasteiger charge is -2.11. The molecular formula is C15H12FNO3. The molecule has 0 aromatic heterocycles. The number of hydrogen-bond acceptors (Lipinski definition) is 3. The summed E-state index contributed by atoms with van der Waals surface area (Å²) < 4.78 is 19.2. The van der Waals surface area contributed by atoms with Crippen LogP contribution in [0.15, 0.2) is 42.5 Å². The Labute approximate surface area is 115 Å². The van der Waals surface area contributed by atoms with Crippen molar-refractivity contribution in [2.45, 2.75) is 6.92 Å². The predicted molar refractivity (Wildman–Crippen MR) is 72.6 cm³/mol. The van der Waals surface area contributed by atoms with Gasteiger partial charge in [-0.1, -0.05) is 12.1 Å². The topological polar surface area (TPSA) is 55.4 Å². The van der Waals surface area contributed by atoms with Gasteiger partial charge < -0.3 is 10.1 Å². The normalized spacial score (nSPS) is 9.90. The molecule has 1 N–H and O–H groups in total. The summed E-state index contributed by atoms with van der Waals surface area (Å²) in [5.41, 5.74) is 0.670. The number of anilines is 1. The van der Waals surface area contributed by atoms with Crippen LogP contribution in [-0.4, -0.2) is 12.2 Å². The van der Waals surface area contributed by atoms with E-state index in [1.807, 2.05) is 0 Å². The zero-order valence-corrected chi connectivity index (χ0v) is 10.7. The van der Waals surface area contributed by atoms with E-state index in [-0.39, 0.29) is 17.2 Å². The van der Waals surface area contributed by atoms with Crippen LogP contribution in [0.5, 0.6) is 11.5 Å². The number of hydrogen-bond donors (Lipinski definition) is 1. The van der Waals surface area contributed by atoms with Gasteiger partial charge in [0.15, 0.2) is 17.3 Å². The molecule has 20 heavy (non-hydrogen) atoms. The van der Waals surface area contributed by atoms with Crippen molar-refractivity contribution in [2.75, 3.05) is 5.32 Å². The summed E-state index contributed by atoms with van der Waals surface area (Å²) >= 11 is 0. The Bertz CT molecular complexity index is 655. The molecule has 0 saturated carbocycles. The van der Waals surface area contributed by atoms with E-state index in [2.05, 4.69) is 5.32 Å². The fourth-order valence-corrected chi connectivity index (χ4v) is 1.64. The van der Waals surface area contributed by atoms with Crippen LogP contribution in [-0.2, 0) is 4.79 Å². The maximum absolute atomic E-state index is 13.7. The van der Waals surface area contributed by atoms with Gasteiger partial charge in [0.1, 0.15) is 6.29 Å². The number of benzene rings is 2. The van der Waals surface area contributed by atoms with Crippen LogP contribution in [0.25, 0.3) is 0 Å². The highest BCUT2D eigenvalue weighted by atomic mass is 19.1. The highest BCUT2D eigenvalue weighted by Crippen LogP contribution is 2.30.